The predicted octanol–water partition coefficient (Wildman–Crippen LogP) is 4.99. The third kappa shape index (κ3) is 3.85. The van der Waals surface area contributed by atoms with Gasteiger partial charge in [-0.05, 0) is 31.0 Å². The van der Waals surface area contributed by atoms with Crippen LogP contribution in [0.2, 0.25) is 0 Å². The number of amides is 1. The van der Waals surface area contributed by atoms with Gasteiger partial charge in [0.1, 0.15) is 5.82 Å². The Morgan fingerprint density at radius 3 is 2.90 bits per heavy atom. The van der Waals surface area contributed by atoms with Gasteiger partial charge >= 0.3 is 0 Å². The van der Waals surface area contributed by atoms with E-state index >= 15 is 0 Å². The minimum Gasteiger partial charge on any atom is -0.441 e. The maximum atomic E-state index is 12.4. The minimum atomic E-state index is -0.0606. The molecule has 152 valence electrons. The van der Waals surface area contributed by atoms with Crippen molar-refractivity contribution in [1.29, 1.82) is 0 Å². The molecule has 0 saturated carbocycles. The number of oxazole rings is 1. The van der Waals surface area contributed by atoms with Crippen molar-refractivity contribution >= 4 is 22.6 Å². The third-order valence-corrected chi connectivity index (χ3v) is 5.57. The van der Waals surface area contributed by atoms with Gasteiger partial charge in [-0.15, -0.1) is 0 Å². The van der Waals surface area contributed by atoms with Crippen LogP contribution in [0.4, 0.5) is 5.69 Å². The summed E-state index contributed by atoms with van der Waals surface area (Å²) in [5, 5.41) is 2.98. The second kappa shape index (κ2) is 8.14. The van der Waals surface area contributed by atoms with Crippen molar-refractivity contribution in [3.05, 3.63) is 66.4 Å². The molecule has 0 aliphatic carbocycles. The summed E-state index contributed by atoms with van der Waals surface area (Å²) in [6.07, 6.45) is 7.16. The Morgan fingerprint density at radius 1 is 1.10 bits per heavy atom. The number of anilines is 1. The van der Waals surface area contributed by atoms with Crippen LogP contribution in [0.25, 0.3) is 22.4 Å². The molecule has 30 heavy (non-hydrogen) atoms. The maximum Gasteiger partial charge on any atom is 0.224 e. The smallest absolute Gasteiger partial charge is 0.224 e. The third-order valence-electron chi connectivity index (χ3n) is 5.57. The molecule has 6 heteroatoms. The average Bonchev–Trinajstić information content (AvgIpc) is 3.30. The van der Waals surface area contributed by atoms with Crippen LogP contribution in [0.3, 0.4) is 0 Å². The average molecular weight is 400 g/mol. The van der Waals surface area contributed by atoms with Crippen LogP contribution in [-0.2, 0) is 24.2 Å². The van der Waals surface area contributed by atoms with Crippen LogP contribution in [0.15, 0.2) is 59.1 Å². The van der Waals surface area contributed by atoms with E-state index in [0.717, 1.165) is 46.8 Å². The SMILES string of the molecule is O=C(CCc1ncc(-c2ccccc2)o1)Nc1ccc2c(c1)nc1n2CCCCC1. The topological polar surface area (TPSA) is 73.0 Å². The van der Waals surface area contributed by atoms with Gasteiger partial charge in [-0.25, -0.2) is 9.97 Å². The molecule has 1 N–H and O–H groups in total. The second-order valence-corrected chi connectivity index (χ2v) is 7.73. The predicted molar refractivity (Wildman–Crippen MR) is 116 cm³/mol. The molecule has 2 aromatic carbocycles. The van der Waals surface area contributed by atoms with Gasteiger partial charge in [0.25, 0.3) is 0 Å². The number of carbonyl (C=O) groups is 1. The number of benzene rings is 2. The van der Waals surface area contributed by atoms with Crippen LogP contribution in [-0.4, -0.2) is 20.4 Å². The number of rotatable bonds is 5. The molecule has 0 spiro atoms. The molecular weight excluding hydrogens is 376 g/mol. The molecule has 0 saturated heterocycles. The molecule has 5 rings (SSSR count). The van der Waals surface area contributed by atoms with Gasteiger partial charge in [-0.1, -0.05) is 36.8 Å². The van der Waals surface area contributed by atoms with Crippen LogP contribution in [0.1, 0.15) is 37.4 Å². The number of aryl methyl sites for hydroxylation is 3. The minimum absolute atomic E-state index is 0.0606. The fourth-order valence-electron chi connectivity index (χ4n) is 4.03. The van der Waals surface area contributed by atoms with E-state index in [2.05, 4.69) is 20.9 Å². The maximum absolute atomic E-state index is 12.4. The summed E-state index contributed by atoms with van der Waals surface area (Å²) in [5.41, 5.74) is 3.86. The first-order valence-electron chi connectivity index (χ1n) is 10.6. The summed E-state index contributed by atoms with van der Waals surface area (Å²) in [5.74, 6) is 2.38. The van der Waals surface area contributed by atoms with Crippen molar-refractivity contribution in [2.75, 3.05) is 5.32 Å². The molecule has 2 aromatic heterocycles. The highest BCUT2D eigenvalue weighted by molar-refractivity contribution is 5.93. The molecule has 0 bridgehead atoms. The Morgan fingerprint density at radius 2 is 2.00 bits per heavy atom. The molecule has 1 amide bonds. The molecule has 3 heterocycles. The molecule has 0 unspecified atom stereocenters. The first kappa shape index (κ1) is 18.6. The lowest BCUT2D eigenvalue weighted by Crippen LogP contribution is -2.12. The lowest BCUT2D eigenvalue weighted by Gasteiger charge is -2.06. The monoisotopic (exact) mass is 400 g/mol. The number of carbonyl (C=O) groups excluding carboxylic acids is 1. The highest BCUT2D eigenvalue weighted by Crippen LogP contribution is 2.25. The van der Waals surface area contributed by atoms with Crippen molar-refractivity contribution in [2.24, 2.45) is 0 Å². The van der Waals surface area contributed by atoms with Gasteiger partial charge in [0.15, 0.2) is 11.7 Å². The lowest BCUT2D eigenvalue weighted by atomic mass is 10.2. The van der Waals surface area contributed by atoms with Gasteiger partial charge in [-0.2, -0.15) is 0 Å². The number of nitrogens with one attached hydrogen (secondary N) is 1. The highest BCUT2D eigenvalue weighted by Gasteiger charge is 2.14. The molecule has 1 aliphatic rings. The fraction of sp³-hybridized carbons (Fsp3) is 0.292. The van der Waals surface area contributed by atoms with Crippen molar-refractivity contribution in [2.45, 2.75) is 45.1 Å². The Labute approximate surface area is 175 Å². The van der Waals surface area contributed by atoms with Crippen molar-refractivity contribution in [1.82, 2.24) is 14.5 Å². The largest absolute Gasteiger partial charge is 0.441 e. The number of nitrogens with zero attached hydrogens (tertiary/aromatic N) is 3. The zero-order valence-electron chi connectivity index (χ0n) is 16.8. The summed E-state index contributed by atoms with van der Waals surface area (Å²) < 4.78 is 8.10. The van der Waals surface area contributed by atoms with E-state index in [1.54, 1.807) is 6.20 Å². The Hall–Kier alpha value is -3.41. The van der Waals surface area contributed by atoms with Crippen molar-refractivity contribution in [3.63, 3.8) is 0 Å². The molecule has 1 aliphatic heterocycles. The van der Waals surface area contributed by atoms with E-state index in [1.807, 2.05) is 42.5 Å². The van der Waals surface area contributed by atoms with Crippen molar-refractivity contribution < 1.29 is 9.21 Å². The summed E-state index contributed by atoms with van der Waals surface area (Å²) in [7, 11) is 0. The quantitative estimate of drug-likeness (QED) is 0.512. The lowest BCUT2D eigenvalue weighted by molar-refractivity contribution is -0.116. The molecular formula is C24H24N4O2. The Balaban J connectivity index is 1.22. The molecule has 4 aromatic rings. The number of fused-ring (bicyclic) bond motifs is 3. The van der Waals surface area contributed by atoms with E-state index < -0.39 is 0 Å². The molecule has 0 atom stereocenters. The highest BCUT2D eigenvalue weighted by atomic mass is 16.4. The summed E-state index contributed by atoms with van der Waals surface area (Å²) >= 11 is 0. The van der Waals surface area contributed by atoms with Gasteiger partial charge < -0.3 is 14.3 Å². The van der Waals surface area contributed by atoms with Gasteiger partial charge in [0, 0.05) is 37.1 Å². The fourth-order valence-corrected chi connectivity index (χ4v) is 4.03. The second-order valence-electron chi connectivity index (χ2n) is 7.73. The van der Waals surface area contributed by atoms with Gasteiger partial charge in [-0.3, -0.25) is 4.79 Å². The molecule has 0 fully saturated rings. The zero-order valence-corrected chi connectivity index (χ0v) is 16.8. The van der Waals surface area contributed by atoms with E-state index in [9.17, 15) is 4.79 Å². The first-order valence-corrected chi connectivity index (χ1v) is 10.6. The van der Waals surface area contributed by atoms with E-state index in [-0.39, 0.29) is 5.91 Å². The van der Waals surface area contributed by atoms with E-state index in [0.29, 0.717) is 18.7 Å². The normalized spacial score (nSPS) is 13.7. The van der Waals surface area contributed by atoms with Gasteiger partial charge in [0.05, 0.1) is 17.2 Å². The van der Waals surface area contributed by atoms with Crippen LogP contribution in [0, 0.1) is 0 Å². The van der Waals surface area contributed by atoms with Crippen LogP contribution in [0.5, 0.6) is 0 Å². The Kier molecular flexibility index (Phi) is 5.05. The number of aromatic nitrogens is 3. The van der Waals surface area contributed by atoms with Crippen molar-refractivity contribution in [3.8, 4) is 11.3 Å². The first-order chi connectivity index (χ1) is 14.8. The summed E-state index contributed by atoms with van der Waals surface area (Å²) in [6.45, 7) is 1.03. The van der Waals surface area contributed by atoms with Crippen LogP contribution >= 0.6 is 0 Å². The van der Waals surface area contributed by atoms with Crippen LogP contribution < -0.4 is 5.32 Å². The summed E-state index contributed by atoms with van der Waals surface area (Å²) in [4.78, 5) is 21.5. The number of imidazole rings is 1. The summed E-state index contributed by atoms with van der Waals surface area (Å²) in [6, 6.07) is 15.8. The molecule has 6 nitrogen and oxygen atoms in total. The zero-order chi connectivity index (χ0) is 20.3. The molecule has 0 radical (unpaired) electrons. The van der Waals surface area contributed by atoms with E-state index in [4.69, 9.17) is 9.40 Å². The van der Waals surface area contributed by atoms with E-state index in [1.165, 1.54) is 19.3 Å². The number of hydrogen-bond acceptors (Lipinski definition) is 4. The standard InChI is InChI=1S/C24H24N4O2/c29-23(12-13-24-25-16-21(30-24)17-7-3-1-4-8-17)26-18-10-11-20-19(15-18)27-22-9-5-2-6-14-28(20)22/h1,3-4,7-8,10-11,15-16H,2,5-6,9,12-14H2,(H,26,29). The number of hydrogen-bond donors (Lipinski definition) is 1. The van der Waals surface area contributed by atoms with Gasteiger partial charge in [0.2, 0.25) is 5.91 Å². The Bertz CT molecular complexity index is 1180.